The lowest BCUT2D eigenvalue weighted by atomic mass is 9.93. The molecule has 0 aliphatic rings. The summed E-state index contributed by atoms with van der Waals surface area (Å²) in [5.41, 5.74) is 4.98. The third-order valence-corrected chi connectivity index (χ3v) is 3.81. The van der Waals surface area contributed by atoms with Crippen LogP contribution in [0.4, 0.5) is 0 Å². The van der Waals surface area contributed by atoms with Crippen LogP contribution in [0, 0.1) is 13.8 Å². The molecule has 17 heavy (non-hydrogen) atoms. The molecule has 0 bridgehead atoms. The lowest BCUT2D eigenvalue weighted by Gasteiger charge is -2.14. The van der Waals surface area contributed by atoms with Crippen molar-refractivity contribution in [2.75, 3.05) is 0 Å². The average molecular weight is 294 g/mol. The Morgan fingerprint density at radius 3 is 2.65 bits per heavy atom. The van der Waals surface area contributed by atoms with Crippen molar-refractivity contribution in [3.8, 4) is 0 Å². The zero-order valence-corrected chi connectivity index (χ0v) is 11.9. The molecule has 0 amide bonds. The van der Waals surface area contributed by atoms with Crippen molar-refractivity contribution in [2.45, 2.75) is 33.1 Å². The van der Waals surface area contributed by atoms with Crippen molar-refractivity contribution in [3.63, 3.8) is 0 Å². The van der Waals surface area contributed by atoms with Gasteiger partial charge in [-0.05, 0) is 48.9 Å². The van der Waals surface area contributed by atoms with E-state index in [1.165, 1.54) is 21.2 Å². The molecule has 0 fully saturated rings. The van der Waals surface area contributed by atoms with Crippen molar-refractivity contribution in [1.29, 1.82) is 0 Å². The summed E-state index contributed by atoms with van der Waals surface area (Å²) >= 11 is 3.64. The highest BCUT2D eigenvalue weighted by atomic mass is 79.9. The van der Waals surface area contributed by atoms with E-state index in [4.69, 9.17) is 0 Å². The fraction of sp³-hybridized carbons (Fsp3) is 0.385. The van der Waals surface area contributed by atoms with Crippen LogP contribution in [0.5, 0.6) is 0 Å². The average Bonchev–Trinajstić information content (AvgIpc) is 2.76. The Morgan fingerprint density at radius 2 is 2.00 bits per heavy atom. The number of H-pyrrole nitrogens is 1. The Kier molecular flexibility index (Phi) is 3.62. The number of benzene rings is 1. The predicted octanol–water partition coefficient (Wildman–Crippen LogP) is 3.53. The Labute approximate surface area is 110 Å². The van der Waals surface area contributed by atoms with Gasteiger partial charge in [0.1, 0.15) is 0 Å². The molecule has 0 saturated heterocycles. The van der Waals surface area contributed by atoms with Gasteiger partial charge in [-0.25, -0.2) is 0 Å². The van der Waals surface area contributed by atoms with E-state index in [1.807, 2.05) is 0 Å². The van der Waals surface area contributed by atoms with Gasteiger partial charge in [-0.1, -0.05) is 28.9 Å². The van der Waals surface area contributed by atoms with E-state index >= 15 is 0 Å². The second-order valence-electron chi connectivity index (χ2n) is 4.52. The molecule has 4 heteroatoms. The minimum Gasteiger partial charge on any atom is -0.198 e. The van der Waals surface area contributed by atoms with Gasteiger partial charge in [-0.3, -0.25) is 0 Å². The summed E-state index contributed by atoms with van der Waals surface area (Å²) < 4.78 is 1.18. The summed E-state index contributed by atoms with van der Waals surface area (Å²) in [6.45, 7) is 6.49. The number of aromatic nitrogens is 3. The van der Waals surface area contributed by atoms with Gasteiger partial charge in [0.05, 0.1) is 11.9 Å². The van der Waals surface area contributed by atoms with Crippen LogP contribution in [0.25, 0.3) is 0 Å². The normalized spacial score (nSPS) is 12.7. The number of halogens is 1. The SMILES string of the molecule is Cc1cc(Br)c(C(C)Cc2cn[nH]n2)cc1C. The van der Waals surface area contributed by atoms with Crippen LogP contribution in [-0.2, 0) is 6.42 Å². The number of rotatable bonds is 3. The molecule has 3 nitrogen and oxygen atoms in total. The Hall–Kier alpha value is -1.16. The van der Waals surface area contributed by atoms with E-state index in [0.29, 0.717) is 5.92 Å². The molecule has 1 aromatic carbocycles. The van der Waals surface area contributed by atoms with E-state index in [0.717, 1.165) is 12.1 Å². The van der Waals surface area contributed by atoms with Gasteiger partial charge in [0.25, 0.3) is 0 Å². The quantitative estimate of drug-likeness (QED) is 0.941. The number of nitrogens with one attached hydrogen (secondary N) is 1. The summed E-state index contributed by atoms with van der Waals surface area (Å²) in [5, 5.41) is 10.6. The summed E-state index contributed by atoms with van der Waals surface area (Å²) in [6, 6.07) is 4.44. The fourth-order valence-electron chi connectivity index (χ4n) is 1.93. The molecule has 2 aromatic rings. The Balaban J connectivity index is 2.24. The number of hydrogen-bond acceptors (Lipinski definition) is 2. The van der Waals surface area contributed by atoms with E-state index in [2.05, 4.69) is 64.2 Å². The maximum absolute atomic E-state index is 4.10. The monoisotopic (exact) mass is 293 g/mol. The summed E-state index contributed by atoms with van der Waals surface area (Å²) in [6.07, 6.45) is 2.68. The molecule has 1 aromatic heterocycles. The van der Waals surface area contributed by atoms with Gasteiger partial charge < -0.3 is 0 Å². The summed E-state index contributed by atoms with van der Waals surface area (Å²) in [5.74, 6) is 0.425. The molecule has 1 unspecified atom stereocenters. The van der Waals surface area contributed by atoms with Crippen molar-refractivity contribution >= 4 is 15.9 Å². The van der Waals surface area contributed by atoms with Gasteiger partial charge in [-0.2, -0.15) is 15.4 Å². The molecule has 0 spiro atoms. The van der Waals surface area contributed by atoms with Gasteiger partial charge in [0.2, 0.25) is 0 Å². The van der Waals surface area contributed by atoms with Crippen LogP contribution in [-0.4, -0.2) is 15.4 Å². The van der Waals surface area contributed by atoms with Crippen LogP contribution in [0.1, 0.15) is 35.2 Å². The third-order valence-electron chi connectivity index (χ3n) is 3.12. The lowest BCUT2D eigenvalue weighted by Crippen LogP contribution is -2.01. The Morgan fingerprint density at radius 1 is 1.29 bits per heavy atom. The maximum atomic E-state index is 4.10. The minimum atomic E-state index is 0.425. The number of nitrogens with zero attached hydrogens (tertiary/aromatic N) is 2. The summed E-state index contributed by atoms with van der Waals surface area (Å²) in [4.78, 5) is 0. The van der Waals surface area contributed by atoms with E-state index < -0.39 is 0 Å². The van der Waals surface area contributed by atoms with E-state index in [1.54, 1.807) is 6.20 Å². The highest BCUT2D eigenvalue weighted by Gasteiger charge is 2.13. The predicted molar refractivity (Wildman–Crippen MR) is 72.1 cm³/mol. The summed E-state index contributed by atoms with van der Waals surface area (Å²) in [7, 11) is 0. The topological polar surface area (TPSA) is 41.6 Å². The number of aromatic amines is 1. The van der Waals surface area contributed by atoms with Gasteiger partial charge in [0.15, 0.2) is 0 Å². The highest BCUT2D eigenvalue weighted by Crippen LogP contribution is 2.29. The largest absolute Gasteiger partial charge is 0.198 e. The number of hydrogen-bond donors (Lipinski definition) is 1. The van der Waals surface area contributed by atoms with Crippen molar-refractivity contribution < 1.29 is 0 Å². The molecular weight excluding hydrogens is 278 g/mol. The maximum Gasteiger partial charge on any atom is 0.0830 e. The van der Waals surface area contributed by atoms with Crippen molar-refractivity contribution in [3.05, 3.63) is 45.2 Å². The molecule has 2 rings (SSSR count). The molecule has 90 valence electrons. The van der Waals surface area contributed by atoms with Crippen LogP contribution in [0.15, 0.2) is 22.8 Å². The molecule has 1 N–H and O–H groups in total. The molecule has 1 heterocycles. The third kappa shape index (κ3) is 2.75. The molecule has 0 saturated carbocycles. The first-order chi connectivity index (χ1) is 8.08. The zero-order valence-electron chi connectivity index (χ0n) is 10.3. The second-order valence-corrected chi connectivity index (χ2v) is 5.38. The van der Waals surface area contributed by atoms with Gasteiger partial charge in [-0.15, -0.1) is 0 Å². The lowest BCUT2D eigenvalue weighted by molar-refractivity contribution is 0.731. The van der Waals surface area contributed by atoms with Gasteiger partial charge >= 0.3 is 0 Å². The van der Waals surface area contributed by atoms with Gasteiger partial charge in [0, 0.05) is 4.47 Å². The van der Waals surface area contributed by atoms with Crippen molar-refractivity contribution in [1.82, 2.24) is 15.4 Å². The van der Waals surface area contributed by atoms with Crippen LogP contribution in [0.3, 0.4) is 0 Å². The first-order valence-electron chi connectivity index (χ1n) is 5.69. The van der Waals surface area contributed by atoms with E-state index in [-0.39, 0.29) is 0 Å². The van der Waals surface area contributed by atoms with Crippen LogP contribution < -0.4 is 0 Å². The highest BCUT2D eigenvalue weighted by molar-refractivity contribution is 9.10. The molecule has 1 atom stereocenters. The second kappa shape index (κ2) is 5.00. The standard InChI is InChI=1S/C13H16BrN3/c1-8-5-12(13(14)6-9(8)2)10(3)4-11-7-15-17-16-11/h5-7,10H,4H2,1-3H3,(H,15,16,17). The minimum absolute atomic E-state index is 0.425. The van der Waals surface area contributed by atoms with Crippen molar-refractivity contribution in [2.24, 2.45) is 0 Å². The first kappa shape index (κ1) is 12.3. The molecule has 0 aliphatic heterocycles. The molecular formula is C13H16BrN3. The van der Waals surface area contributed by atoms with Crippen LogP contribution in [0.2, 0.25) is 0 Å². The molecule has 0 radical (unpaired) electrons. The zero-order chi connectivity index (χ0) is 12.4. The van der Waals surface area contributed by atoms with E-state index in [9.17, 15) is 0 Å². The molecule has 0 aliphatic carbocycles. The first-order valence-corrected chi connectivity index (χ1v) is 6.48. The number of aryl methyl sites for hydroxylation is 2. The Bertz CT molecular complexity index is 506. The smallest absolute Gasteiger partial charge is 0.0830 e. The van der Waals surface area contributed by atoms with Crippen LogP contribution >= 0.6 is 15.9 Å². The fourth-order valence-corrected chi connectivity index (χ4v) is 2.78.